The second-order valence-corrected chi connectivity index (χ2v) is 5.58. The van der Waals surface area contributed by atoms with Gasteiger partial charge in [0.05, 0.1) is 0 Å². The van der Waals surface area contributed by atoms with Crippen molar-refractivity contribution in [1.29, 1.82) is 0 Å². The van der Waals surface area contributed by atoms with Crippen molar-refractivity contribution in [2.75, 3.05) is 31.9 Å². The van der Waals surface area contributed by atoms with E-state index in [0.29, 0.717) is 0 Å². The van der Waals surface area contributed by atoms with E-state index < -0.39 is 0 Å². The molecule has 18 heavy (non-hydrogen) atoms. The molecule has 2 rings (SSSR count). The van der Waals surface area contributed by atoms with E-state index in [4.69, 9.17) is 0 Å². The highest BCUT2D eigenvalue weighted by atomic mass is 32.2. The SMILES string of the molecule is CCCSc1ccc(C(=O)N2CCNCC2)cc1. The third kappa shape index (κ3) is 3.50. The number of nitrogens with one attached hydrogen (secondary N) is 1. The topological polar surface area (TPSA) is 32.3 Å². The Morgan fingerprint density at radius 2 is 1.94 bits per heavy atom. The minimum Gasteiger partial charge on any atom is -0.336 e. The van der Waals surface area contributed by atoms with Crippen LogP contribution < -0.4 is 5.32 Å². The molecular formula is C14H20N2OS. The summed E-state index contributed by atoms with van der Waals surface area (Å²) in [6, 6.07) is 8.00. The first-order valence-electron chi connectivity index (χ1n) is 6.54. The lowest BCUT2D eigenvalue weighted by Gasteiger charge is -2.27. The van der Waals surface area contributed by atoms with Gasteiger partial charge in [-0.05, 0) is 36.4 Å². The van der Waals surface area contributed by atoms with Gasteiger partial charge < -0.3 is 10.2 Å². The quantitative estimate of drug-likeness (QED) is 0.847. The Morgan fingerprint density at radius 3 is 2.56 bits per heavy atom. The van der Waals surface area contributed by atoms with Gasteiger partial charge in [-0.25, -0.2) is 0 Å². The number of piperazine rings is 1. The normalized spacial score (nSPS) is 15.7. The van der Waals surface area contributed by atoms with E-state index in [1.54, 1.807) is 0 Å². The average molecular weight is 264 g/mol. The van der Waals surface area contributed by atoms with Gasteiger partial charge in [0.25, 0.3) is 5.91 Å². The third-order valence-corrected chi connectivity index (χ3v) is 4.20. The number of rotatable bonds is 4. The van der Waals surface area contributed by atoms with Crippen LogP contribution in [0.15, 0.2) is 29.2 Å². The number of carbonyl (C=O) groups excluding carboxylic acids is 1. The van der Waals surface area contributed by atoms with Crippen molar-refractivity contribution in [1.82, 2.24) is 10.2 Å². The number of thioether (sulfide) groups is 1. The summed E-state index contributed by atoms with van der Waals surface area (Å²) in [7, 11) is 0. The van der Waals surface area contributed by atoms with Crippen LogP contribution in [0.25, 0.3) is 0 Å². The zero-order chi connectivity index (χ0) is 12.8. The Balaban J connectivity index is 1.97. The average Bonchev–Trinajstić information content (AvgIpc) is 2.46. The highest BCUT2D eigenvalue weighted by Crippen LogP contribution is 2.19. The first kappa shape index (κ1) is 13.4. The molecule has 1 saturated heterocycles. The molecule has 1 amide bonds. The summed E-state index contributed by atoms with van der Waals surface area (Å²) in [6.07, 6.45) is 1.17. The maximum Gasteiger partial charge on any atom is 0.253 e. The molecule has 0 aliphatic carbocycles. The number of carbonyl (C=O) groups is 1. The van der Waals surface area contributed by atoms with E-state index in [9.17, 15) is 4.79 Å². The molecule has 0 bridgehead atoms. The lowest BCUT2D eigenvalue weighted by Crippen LogP contribution is -2.46. The molecule has 1 fully saturated rings. The number of amides is 1. The number of hydrogen-bond acceptors (Lipinski definition) is 3. The first-order chi connectivity index (χ1) is 8.81. The predicted molar refractivity (Wildman–Crippen MR) is 76.2 cm³/mol. The molecule has 0 aromatic heterocycles. The monoisotopic (exact) mass is 264 g/mol. The summed E-state index contributed by atoms with van der Waals surface area (Å²) >= 11 is 1.84. The van der Waals surface area contributed by atoms with E-state index >= 15 is 0 Å². The van der Waals surface area contributed by atoms with Crippen LogP contribution in [-0.4, -0.2) is 42.7 Å². The summed E-state index contributed by atoms with van der Waals surface area (Å²) in [5, 5.41) is 3.26. The summed E-state index contributed by atoms with van der Waals surface area (Å²) < 4.78 is 0. The molecule has 1 heterocycles. The fourth-order valence-electron chi connectivity index (χ4n) is 1.96. The fraction of sp³-hybridized carbons (Fsp3) is 0.500. The van der Waals surface area contributed by atoms with Crippen LogP contribution in [0, 0.1) is 0 Å². The van der Waals surface area contributed by atoms with Crippen molar-refractivity contribution in [3.05, 3.63) is 29.8 Å². The second kappa shape index (κ2) is 6.81. The number of hydrogen-bond donors (Lipinski definition) is 1. The lowest BCUT2D eigenvalue weighted by molar-refractivity contribution is 0.0736. The molecule has 3 nitrogen and oxygen atoms in total. The predicted octanol–water partition coefficient (Wildman–Crippen LogP) is 2.23. The van der Waals surface area contributed by atoms with Crippen molar-refractivity contribution < 1.29 is 4.79 Å². The molecule has 1 aromatic rings. The number of nitrogens with zero attached hydrogens (tertiary/aromatic N) is 1. The Bertz CT molecular complexity index is 385. The lowest BCUT2D eigenvalue weighted by atomic mass is 10.2. The van der Waals surface area contributed by atoms with Crippen molar-refractivity contribution in [3.8, 4) is 0 Å². The van der Waals surface area contributed by atoms with Crippen molar-refractivity contribution in [2.45, 2.75) is 18.2 Å². The molecule has 1 N–H and O–H groups in total. The van der Waals surface area contributed by atoms with Crippen LogP contribution in [0.4, 0.5) is 0 Å². The Labute approximate surface area is 113 Å². The fourth-order valence-corrected chi connectivity index (χ4v) is 2.73. The zero-order valence-electron chi connectivity index (χ0n) is 10.8. The molecular weight excluding hydrogens is 244 g/mol. The van der Waals surface area contributed by atoms with E-state index in [1.807, 2.05) is 28.8 Å². The molecule has 98 valence electrons. The molecule has 1 aromatic carbocycles. The third-order valence-electron chi connectivity index (χ3n) is 2.98. The summed E-state index contributed by atoms with van der Waals surface area (Å²) in [6.45, 7) is 5.60. The molecule has 1 aliphatic rings. The van der Waals surface area contributed by atoms with Crippen LogP contribution >= 0.6 is 11.8 Å². The zero-order valence-corrected chi connectivity index (χ0v) is 11.6. The molecule has 0 radical (unpaired) electrons. The minimum atomic E-state index is 0.156. The summed E-state index contributed by atoms with van der Waals surface area (Å²) in [5.41, 5.74) is 0.803. The maximum atomic E-state index is 12.2. The van der Waals surface area contributed by atoms with Crippen LogP contribution in [0.5, 0.6) is 0 Å². The molecule has 0 spiro atoms. The van der Waals surface area contributed by atoms with Gasteiger partial charge in [-0.3, -0.25) is 4.79 Å². The standard InChI is InChI=1S/C14H20N2OS/c1-2-11-18-13-5-3-12(4-6-13)14(17)16-9-7-15-8-10-16/h3-6,15H,2,7-11H2,1H3. The maximum absolute atomic E-state index is 12.2. The van der Waals surface area contributed by atoms with Crippen molar-refractivity contribution in [2.24, 2.45) is 0 Å². The highest BCUT2D eigenvalue weighted by Gasteiger charge is 2.17. The van der Waals surface area contributed by atoms with E-state index in [0.717, 1.165) is 37.5 Å². The molecule has 0 unspecified atom stereocenters. The molecule has 1 aliphatic heterocycles. The van der Waals surface area contributed by atoms with Crippen LogP contribution in [-0.2, 0) is 0 Å². The van der Waals surface area contributed by atoms with Gasteiger partial charge >= 0.3 is 0 Å². The van der Waals surface area contributed by atoms with Crippen molar-refractivity contribution >= 4 is 17.7 Å². The van der Waals surface area contributed by atoms with E-state index in [-0.39, 0.29) is 5.91 Å². The Morgan fingerprint density at radius 1 is 1.28 bits per heavy atom. The Kier molecular flexibility index (Phi) is 5.08. The van der Waals surface area contributed by atoms with Gasteiger partial charge in [0, 0.05) is 36.6 Å². The second-order valence-electron chi connectivity index (χ2n) is 4.42. The van der Waals surface area contributed by atoms with Gasteiger partial charge in [0.2, 0.25) is 0 Å². The van der Waals surface area contributed by atoms with Gasteiger partial charge in [0.15, 0.2) is 0 Å². The van der Waals surface area contributed by atoms with Gasteiger partial charge in [-0.2, -0.15) is 0 Å². The van der Waals surface area contributed by atoms with E-state index in [1.165, 1.54) is 11.3 Å². The minimum absolute atomic E-state index is 0.156. The van der Waals surface area contributed by atoms with E-state index in [2.05, 4.69) is 24.4 Å². The van der Waals surface area contributed by atoms with Gasteiger partial charge in [0.1, 0.15) is 0 Å². The largest absolute Gasteiger partial charge is 0.336 e. The van der Waals surface area contributed by atoms with Crippen LogP contribution in [0.1, 0.15) is 23.7 Å². The summed E-state index contributed by atoms with van der Waals surface area (Å²) in [5.74, 6) is 1.29. The molecule has 0 atom stereocenters. The smallest absolute Gasteiger partial charge is 0.253 e. The van der Waals surface area contributed by atoms with Crippen molar-refractivity contribution in [3.63, 3.8) is 0 Å². The van der Waals surface area contributed by atoms with Crippen LogP contribution in [0.2, 0.25) is 0 Å². The van der Waals surface area contributed by atoms with Gasteiger partial charge in [-0.1, -0.05) is 6.92 Å². The molecule has 0 saturated carbocycles. The number of benzene rings is 1. The van der Waals surface area contributed by atoms with Crippen LogP contribution in [0.3, 0.4) is 0 Å². The summed E-state index contributed by atoms with van der Waals surface area (Å²) in [4.78, 5) is 15.4. The highest BCUT2D eigenvalue weighted by molar-refractivity contribution is 7.99. The Hall–Kier alpha value is -1.00. The van der Waals surface area contributed by atoms with Gasteiger partial charge in [-0.15, -0.1) is 11.8 Å². The molecule has 4 heteroatoms. The first-order valence-corrected chi connectivity index (χ1v) is 7.52.